The first kappa shape index (κ1) is 15.9. The second-order valence-corrected chi connectivity index (χ2v) is 6.67. The minimum Gasteiger partial charge on any atom is -0.328 e. The van der Waals surface area contributed by atoms with Crippen LogP contribution in [0.1, 0.15) is 11.1 Å². The van der Waals surface area contributed by atoms with Crippen LogP contribution >= 0.6 is 0 Å². The van der Waals surface area contributed by atoms with Crippen LogP contribution in [0.25, 0.3) is 10.8 Å². The summed E-state index contributed by atoms with van der Waals surface area (Å²) in [5.74, 6) is 0. The number of hydrogen-bond acceptors (Lipinski definition) is 2. The van der Waals surface area contributed by atoms with E-state index in [1.54, 1.807) is 4.90 Å². The van der Waals surface area contributed by atoms with Crippen LogP contribution in [0.2, 0.25) is 0 Å². The number of piperazine rings is 1. The van der Waals surface area contributed by atoms with Gasteiger partial charge in [-0.1, -0.05) is 72.8 Å². The van der Waals surface area contributed by atoms with Crippen molar-refractivity contribution < 1.29 is 4.90 Å². The van der Waals surface area contributed by atoms with E-state index in [1.165, 1.54) is 16.3 Å². The van der Waals surface area contributed by atoms with Gasteiger partial charge in [-0.3, -0.25) is 5.01 Å². The Hall–Kier alpha value is -2.65. The lowest BCUT2D eigenvalue weighted by Crippen LogP contribution is -3.13. The molecule has 0 aromatic heterocycles. The second kappa shape index (κ2) is 7.49. The molecule has 3 aromatic carbocycles. The fraction of sp³-hybridized carbons (Fsp3) is 0.227. The first-order chi connectivity index (χ1) is 12.4. The molecule has 0 amide bonds. The molecule has 1 fully saturated rings. The van der Waals surface area contributed by atoms with Crippen LogP contribution in [0.5, 0.6) is 0 Å². The maximum absolute atomic E-state index is 4.64. The highest BCUT2D eigenvalue weighted by molar-refractivity contribution is 5.85. The lowest BCUT2D eigenvalue weighted by molar-refractivity contribution is -0.918. The predicted molar refractivity (Wildman–Crippen MR) is 104 cm³/mol. The molecule has 0 radical (unpaired) electrons. The van der Waals surface area contributed by atoms with Crippen molar-refractivity contribution in [2.24, 2.45) is 5.10 Å². The quantitative estimate of drug-likeness (QED) is 0.729. The van der Waals surface area contributed by atoms with Crippen molar-refractivity contribution in [3.8, 4) is 0 Å². The third-order valence-corrected chi connectivity index (χ3v) is 4.94. The maximum atomic E-state index is 4.64. The number of hydrogen-bond donors (Lipinski definition) is 1. The van der Waals surface area contributed by atoms with Gasteiger partial charge in [0, 0.05) is 5.56 Å². The zero-order valence-corrected chi connectivity index (χ0v) is 14.4. The minimum atomic E-state index is 1.02. The lowest BCUT2D eigenvalue weighted by atomic mass is 10.0. The molecule has 3 nitrogen and oxygen atoms in total. The Morgan fingerprint density at radius 2 is 1.56 bits per heavy atom. The lowest BCUT2D eigenvalue weighted by Gasteiger charge is -2.30. The average molecular weight is 330 g/mol. The number of benzene rings is 3. The van der Waals surface area contributed by atoms with Gasteiger partial charge in [0.2, 0.25) is 0 Å². The Kier molecular flexibility index (Phi) is 4.75. The summed E-state index contributed by atoms with van der Waals surface area (Å²) >= 11 is 0. The highest BCUT2D eigenvalue weighted by Gasteiger charge is 2.19. The zero-order chi connectivity index (χ0) is 16.9. The predicted octanol–water partition coefficient (Wildman–Crippen LogP) is 2.57. The van der Waals surface area contributed by atoms with Crippen LogP contribution in [0.15, 0.2) is 77.9 Å². The smallest absolute Gasteiger partial charge is 0.104 e. The summed E-state index contributed by atoms with van der Waals surface area (Å²) in [5, 5.41) is 9.56. The number of quaternary nitrogens is 1. The molecule has 126 valence electrons. The molecule has 1 aliphatic heterocycles. The molecule has 1 N–H and O–H groups in total. The van der Waals surface area contributed by atoms with Gasteiger partial charge in [-0.2, -0.15) is 5.10 Å². The fourth-order valence-corrected chi connectivity index (χ4v) is 3.51. The van der Waals surface area contributed by atoms with Gasteiger partial charge in [-0.15, -0.1) is 0 Å². The van der Waals surface area contributed by atoms with Gasteiger partial charge >= 0.3 is 0 Å². The van der Waals surface area contributed by atoms with E-state index in [4.69, 9.17) is 0 Å². The number of rotatable bonds is 4. The summed E-state index contributed by atoms with van der Waals surface area (Å²) in [4.78, 5) is 1.64. The Morgan fingerprint density at radius 1 is 0.840 bits per heavy atom. The molecular formula is C22H24N3+. The highest BCUT2D eigenvalue weighted by atomic mass is 15.5. The van der Waals surface area contributed by atoms with Gasteiger partial charge in [0.05, 0.1) is 32.4 Å². The third-order valence-electron chi connectivity index (χ3n) is 4.94. The van der Waals surface area contributed by atoms with E-state index in [0.717, 1.165) is 38.3 Å². The molecule has 0 aliphatic carbocycles. The molecule has 0 spiro atoms. The molecule has 1 heterocycles. The van der Waals surface area contributed by atoms with Crippen molar-refractivity contribution in [3.63, 3.8) is 0 Å². The molecule has 0 unspecified atom stereocenters. The van der Waals surface area contributed by atoms with E-state index in [9.17, 15) is 0 Å². The van der Waals surface area contributed by atoms with Gasteiger partial charge < -0.3 is 4.90 Å². The molecule has 0 bridgehead atoms. The first-order valence-electron chi connectivity index (χ1n) is 9.03. The largest absolute Gasteiger partial charge is 0.328 e. The summed E-state index contributed by atoms with van der Waals surface area (Å²) in [6.07, 6.45) is 1.97. The van der Waals surface area contributed by atoms with Crippen molar-refractivity contribution in [3.05, 3.63) is 83.9 Å². The van der Waals surface area contributed by atoms with Gasteiger partial charge in [-0.25, -0.2) is 0 Å². The summed E-state index contributed by atoms with van der Waals surface area (Å²) in [5.41, 5.74) is 2.61. The normalized spacial score (nSPS) is 15.9. The van der Waals surface area contributed by atoms with Crippen molar-refractivity contribution in [2.45, 2.75) is 6.54 Å². The number of fused-ring (bicyclic) bond motifs is 1. The second-order valence-electron chi connectivity index (χ2n) is 6.67. The van der Waals surface area contributed by atoms with Crippen molar-refractivity contribution >= 4 is 17.0 Å². The maximum Gasteiger partial charge on any atom is 0.104 e. The highest BCUT2D eigenvalue weighted by Crippen LogP contribution is 2.17. The summed E-state index contributed by atoms with van der Waals surface area (Å²) in [6.45, 7) is 5.40. The van der Waals surface area contributed by atoms with Gasteiger partial charge in [0.25, 0.3) is 0 Å². The van der Waals surface area contributed by atoms with E-state index >= 15 is 0 Å². The number of nitrogens with zero attached hydrogens (tertiary/aromatic N) is 2. The molecule has 0 saturated carbocycles. The Labute approximate surface area is 149 Å². The number of hydrazone groups is 1. The zero-order valence-electron chi connectivity index (χ0n) is 14.4. The Morgan fingerprint density at radius 3 is 2.40 bits per heavy atom. The van der Waals surface area contributed by atoms with E-state index in [2.05, 4.69) is 64.7 Å². The molecule has 1 aliphatic rings. The van der Waals surface area contributed by atoms with Crippen LogP contribution in [0, 0.1) is 0 Å². The summed E-state index contributed by atoms with van der Waals surface area (Å²) in [7, 11) is 0. The SMILES string of the molecule is C(=N/N1CC[NH+](Cc2cccc3ccccc23)CC1)/c1ccccc1. The molecule has 0 atom stereocenters. The van der Waals surface area contributed by atoms with Gasteiger partial charge in [0.1, 0.15) is 6.54 Å². The van der Waals surface area contributed by atoms with Gasteiger partial charge in [-0.05, 0) is 16.3 Å². The van der Waals surface area contributed by atoms with Crippen molar-refractivity contribution in [2.75, 3.05) is 26.2 Å². The minimum absolute atomic E-state index is 1.02. The van der Waals surface area contributed by atoms with Crippen LogP contribution in [0.4, 0.5) is 0 Å². The third kappa shape index (κ3) is 3.89. The van der Waals surface area contributed by atoms with Crippen LogP contribution in [-0.4, -0.2) is 37.4 Å². The molecule has 1 saturated heterocycles. The molecule has 4 rings (SSSR count). The summed E-state index contributed by atoms with van der Waals surface area (Å²) < 4.78 is 0. The molecule has 25 heavy (non-hydrogen) atoms. The number of nitrogens with one attached hydrogen (secondary N) is 1. The molecular weight excluding hydrogens is 306 g/mol. The van der Waals surface area contributed by atoms with Gasteiger partial charge in [0.15, 0.2) is 0 Å². The molecule has 3 aromatic rings. The topological polar surface area (TPSA) is 20.0 Å². The van der Waals surface area contributed by atoms with Crippen LogP contribution in [-0.2, 0) is 6.54 Å². The standard InChI is InChI=1S/C22H23N3/c1-2-7-19(8-3-1)17-23-25-15-13-24(14-16-25)18-21-11-6-10-20-9-4-5-12-22(20)21/h1-12,17H,13-16,18H2/p+1/b23-17-. The fourth-order valence-electron chi connectivity index (χ4n) is 3.51. The first-order valence-corrected chi connectivity index (χ1v) is 9.03. The van der Waals surface area contributed by atoms with Crippen LogP contribution < -0.4 is 4.90 Å². The van der Waals surface area contributed by atoms with E-state index in [0.29, 0.717) is 0 Å². The van der Waals surface area contributed by atoms with Crippen LogP contribution in [0.3, 0.4) is 0 Å². The van der Waals surface area contributed by atoms with E-state index in [1.807, 2.05) is 24.4 Å². The summed E-state index contributed by atoms with van der Waals surface area (Å²) in [6, 6.07) is 25.6. The van der Waals surface area contributed by atoms with E-state index in [-0.39, 0.29) is 0 Å². The van der Waals surface area contributed by atoms with Crippen molar-refractivity contribution in [1.82, 2.24) is 5.01 Å². The average Bonchev–Trinajstić information content (AvgIpc) is 2.69. The van der Waals surface area contributed by atoms with E-state index < -0.39 is 0 Å². The Bertz CT molecular complexity index is 844. The monoisotopic (exact) mass is 330 g/mol. The molecule has 3 heteroatoms. The van der Waals surface area contributed by atoms with Crippen molar-refractivity contribution in [1.29, 1.82) is 0 Å². The Balaban J connectivity index is 1.36.